The highest BCUT2D eigenvalue weighted by molar-refractivity contribution is 5.78. The lowest BCUT2D eigenvalue weighted by molar-refractivity contribution is -0.120. The van der Waals surface area contributed by atoms with Gasteiger partial charge in [-0.1, -0.05) is 43.7 Å². The van der Waals surface area contributed by atoms with Gasteiger partial charge in [-0.2, -0.15) is 0 Å². The molecule has 1 rings (SSSR count). The van der Waals surface area contributed by atoms with E-state index in [1.807, 2.05) is 31.2 Å². The molecule has 1 amide bonds. The minimum absolute atomic E-state index is 0.0399. The van der Waals surface area contributed by atoms with Gasteiger partial charge in [0.1, 0.15) is 0 Å². The summed E-state index contributed by atoms with van der Waals surface area (Å²) in [6, 6.07) is 8.07. The Morgan fingerprint density at radius 2 is 1.89 bits per heavy atom. The van der Waals surface area contributed by atoms with E-state index in [0.29, 0.717) is 18.9 Å². The maximum Gasteiger partial charge on any atom is 0.224 e. The van der Waals surface area contributed by atoms with Crippen molar-refractivity contribution in [3.63, 3.8) is 0 Å². The van der Waals surface area contributed by atoms with E-state index in [2.05, 4.69) is 19.2 Å². The molecule has 0 fully saturated rings. The number of carbonyl (C=O) groups excluding carboxylic acids is 1. The fourth-order valence-corrected chi connectivity index (χ4v) is 1.89. The first-order valence-electron chi connectivity index (χ1n) is 6.55. The van der Waals surface area contributed by atoms with Crippen molar-refractivity contribution in [1.29, 1.82) is 0 Å². The van der Waals surface area contributed by atoms with Crippen molar-refractivity contribution in [2.24, 2.45) is 11.7 Å². The number of benzene rings is 1. The molecule has 3 nitrogen and oxygen atoms in total. The normalized spacial score (nSPS) is 12.5. The fraction of sp³-hybridized carbons (Fsp3) is 0.533. The molecule has 3 heteroatoms. The highest BCUT2D eigenvalue weighted by Gasteiger charge is 2.08. The summed E-state index contributed by atoms with van der Waals surface area (Å²) in [7, 11) is 0. The van der Waals surface area contributed by atoms with Crippen LogP contribution >= 0.6 is 0 Å². The van der Waals surface area contributed by atoms with Crippen LogP contribution in [0.5, 0.6) is 0 Å². The molecule has 0 aliphatic heterocycles. The molecule has 0 heterocycles. The van der Waals surface area contributed by atoms with Crippen LogP contribution in [0.3, 0.4) is 0 Å². The SMILES string of the molecule is Cc1ccc(CC(=O)NCC(N)CC(C)C)cc1. The van der Waals surface area contributed by atoms with Gasteiger partial charge in [0, 0.05) is 12.6 Å². The molecule has 0 aliphatic rings. The Hall–Kier alpha value is -1.35. The summed E-state index contributed by atoms with van der Waals surface area (Å²) in [5, 5.41) is 2.89. The van der Waals surface area contributed by atoms with Crippen LogP contribution in [0.2, 0.25) is 0 Å². The summed E-state index contributed by atoms with van der Waals surface area (Å²) in [6.45, 7) is 6.86. The van der Waals surface area contributed by atoms with Crippen LogP contribution in [0, 0.1) is 12.8 Å². The molecule has 1 atom stereocenters. The van der Waals surface area contributed by atoms with E-state index in [0.717, 1.165) is 12.0 Å². The summed E-state index contributed by atoms with van der Waals surface area (Å²) in [5.74, 6) is 0.604. The number of hydrogen-bond acceptors (Lipinski definition) is 2. The van der Waals surface area contributed by atoms with Crippen LogP contribution in [0.25, 0.3) is 0 Å². The molecule has 0 radical (unpaired) electrons. The second-order valence-electron chi connectivity index (χ2n) is 5.36. The first-order chi connectivity index (χ1) is 8.47. The van der Waals surface area contributed by atoms with Gasteiger partial charge >= 0.3 is 0 Å². The number of carbonyl (C=O) groups is 1. The summed E-state index contributed by atoms with van der Waals surface area (Å²) in [6.07, 6.45) is 1.36. The number of amides is 1. The molecule has 1 unspecified atom stereocenters. The van der Waals surface area contributed by atoms with Crippen LogP contribution in [0.4, 0.5) is 0 Å². The van der Waals surface area contributed by atoms with E-state index in [4.69, 9.17) is 5.73 Å². The number of nitrogens with two attached hydrogens (primary N) is 1. The number of hydrogen-bond donors (Lipinski definition) is 2. The Kier molecular flexibility index (Phi) is 5.86. The largest absolute Gasteiger partial charge is 0.354 e. The summed E-state index contributed by atoms with van der Waals surface area (Å²) in [5.41, 5.74) is 8.17. The van der Waals surface area contributed by atoms with Crippen molar-refractivity contribution in [1.82, 2.24) is 5.32 Å². The molecule has 1 aromatic carbocycles. The molecule has 0 spiro atoms. The van der Waals surface area contributed by atoms with Crippen LogP contribution in [0.1, 0.15) is 31.4 Å². The van der Waals surface area contributed by atoms with Gasteiger partial charge in [-0.05, 0) is 24.8 Å². The molecule has 0 bridgehead atoms. The van der Waals surface area contributed by atoms with Gasteiger partial charge < -0.3 is 11.1 Å². The highest BCUT2D eigenvalue weighted by Crippen LogP contribution is 2.04. The minimum Gasteiger partial charge on any atom is -0.354 e. The van der Waals surface area contributed by atoms with Gasteiger partial charge in [0.2, 0.25) is 5.91 Å². The Morgan fingerprint density at radius 1 is 1.28 bits per heavy atom. The predicted molar refractivity (Wildman–Crippen MR) is 75.3 cm³/mol. The zero-order valence-electron chi connectivity index (χ0n) is 11.6. The Balaban J connectivity index is 2.31. The molecule has 18 heavy (non-hydrogen) atoms. The molecule has 1 aromatic rings. The van der Waals surface area contributed by atoms with Gasteiger partial charge in [0.05, 0.1) is 6.42 Å². The van der Waals surface area contributed by atoms with Gasteiger partial charge in [0.15, 0.2) is 0 Å². The van der Waals surface area contributed by atoms with E-state index < -0.39 is 0 Å². The second kappa shape index (κ2) is 7.17. The lowest BCUT2D eigenvalue weighted by Gasteiger charge is -2.14. The quantitative estimate of drug-likeness (QED) is 0.809. The van der Waals surface area contributed by atoms with Crippen molar-refractivity contribution in [2.45, 2.75) is 39.7 Å². The van der Waals surface area contributed by atoms with E-state index >= 15 is 0 Å². The lowest BCUT2D eigenvalue weighted by atomic mass is 10.0. The Morgan fingerprint density at radius 3 is 2.44 bits per heavy atom. The monoisotopic (exact) mass is 248 g/mol. The highest BCUT2D eigenvalue weighted by atomic mass is 16.1. The predicted octanol–water partition coefficient (Wildman–Crippen LogP) is 2.03. The molecule has 0 aliphatic carbocycles. The second-order valence-corrected chi connectivity index (χ2v) is 5.36. The third kappa shape index (κ3) is 5.82. The van der Waals surface area contributed by atoms with E-state index in [9.17, 15) is 4.79 Å². The number of aryl methyl sites for hydroxylation is 1. The third-order valence-electron chi connectivity index (χ3n) is 2.82. The first-order valence-corrected chi connectivity index (χ1v) is 6.55. The average Bonchev–Trinajstić information content (AvgIpc) is 2.29. The first kappa shape index (κ1) is 14.7. The van der Waals surface area contributed by atoms with Crippen molar-refractivity contribution < 1.29 is 4.79 Å². The minimum atomic E-state index is 0.0399. The smallest absolute Gasteiger partial charge is 0.224 e. The standard InChI is InChI=1S/C15H24N2O/c1-11(2)8-14(16)10-17-15(18)9-13-6-4-12(3)5-7-13/h4-7,11,14H,8-10,16H2,1-3H3,(H,17,18). The summed E-state index contributed by atoms with van der Waals surface area (Å²) >= 11 is 0. The molecule has 100 valence electrons. The van der Waals surface area contributed by atoms with Gasteiger partial charge in [0.25, 0.3) is 0 Å². The van der Waals surface area contributed by atoms with Crippen molar-refractivity contribution >= 4 is 5.91 Å². The lowest BCUT2D eigenvalue weighted by Crippen LogP contribution is -2.38. The maximum atomic E-state index is 11.7. The van der Waals surface area contributed by atoms with E-state index in [1.165, 1.54) is 5.56 Å². The maximum absolute atomic E-state index is 11.7. The Bertz CT molecular complexity index is 371. The summed E-state index contributed by atoms with van der Waals surface area (Å²) < 4.78 is 0. The van der Waals surface area contributed by atoms with Crippen molar-refractivity contribution in [3.05, 3.63) is 35.4 Å². The third-order valence-corrected chi connectivity index (χ3v) is 2.82. The molecule has 0 aromatic heterocycles. The van der Waals surface area contributed by atoms with Gasteiger partial charge in [-0.25, -0.2) is 0 Å². The molecule has 3 N–H and O–H groups in total. The zero-order valence-corrected chi connectivity index (χ0v) is 11.6. The molecular formula is C15H24N2O. The van der Waals surface area contributed by atoms with Gasteiger partial charge in [-0.15, -0.1) is 0 Å². The fourth-order valence-electron chi connectivity index (χ4n) is 1.89. The van der Waals surface area contributed by atoms with Crippen LogP contribution in [-0.2, 0) is 11.2 Å². The zero-order chi connectivity index (χ0) is 13.5. The van der Waals surface area contributed by atoms with Crippen LogP contribution in [-0.4, -0.2) is 18.5 Å². The molecule has 0 saturated carbocycles. The molecular weight excluding hydrogens is 224 g/mol. The van der Waals surface area contributed by atoms with Crippen molar-refractivity contribution in [2.75, 3.05) is 6.54 Å². The van der Waals surface area contributed by atoms with Crippen LogP contribution in [0.15, 0.2) is 24.3 Å². The summed E-state index contributed by atoms with van der Waals surface area (Å²) in [4.78, 5) is 11.7. The number of nitrogens with one attached hydrogen (secondary N) is 1. The topological polar surface area (TPSA) is 55.1 Å². The van der Waals surface area contributed by atoms with Crippen molar-refractivity contribution in [3.8, 4) is 0 Å². The molecule has 0 saturated heterocycles. The van der Waals surface area contributed by atoms with Gasteiger partial charge in [-0.3, -0.25) is 4.79 Å². The Labute approximate surface area is 110 Å². The van der Waals surface area contributed by atoms with Crippen LogP contribution < -0.4 is 11.1 Å². The van der Waals surface area contributed by atoms with E-state index in [1.54, 1.807) is 0 Å². The van der Waals surface area contributed by atoms with E-state index in [-0.39, 0.29) is 11.9 Å². The number of rotatable bonds is 6. The average molecular weight is 248 g/mol.